The van der Waals surface area contributed by atoms with E-state index in [-0.39, 0.29) is 5.66 Å². The normalized spacial score (nSPS) is 16.2. The molecule has 0 heterocycles. The SMILES string of the molecule is CCCCCCCC(CC(C)CC(C)(C)C)[P+](=O)O. The van der Waals surface area contributed by atoms with Crippen molar-refractivity contribution in [1.82, 2.24) is 0 Å². The molecule has 0 bridgehead atoms. The largest absolute Gasteiger partial charge is 0.508 e. The number of hydrogen-bond acceptors (Lipinski definition) is 1. The summed E-state index contributed by atoms with van der Waals surface area (Å²) < 4.78 is 11.5. The van der Waals surface area contributed by atoms with Crippen LogP contribution in [0.1, 0.15) is 86.0 Å². The Hall–Kier alpha value is 0.0600. The highest BCUT2D eigenvalue weighted by atomic mass is 31.1. The van der Waals surface area contributed by atoms with Crippen LogP contribution in [0.2, 0.25) is 0 Å². The van der Waals surface area contributed by atoms with Crippen molar-refractivity contribution in [1.29, 1.82) is 0 Å². The first-order valence-corrected chi connectivity index (χ1v) is 9.19. The highest BCUT2D eigenvalue weighted by molar-refractivity contribution is 7.38. The van der Waals surface area contributed by atoms with Crippen LogP contribution in [0.25, 0.3) is 0 Å². The molecule has 0 spiro atoms. The summed E-state index contributed by atoms with van der Waals surface area (Å²) >= 11 is 0. The van der Waals surface area contributed by atoms with Crippen LogP contribution >= 0.6 is 8.03 Å². The van der Waals surface area contributed by atoms with E-state index in [1.54, 1.807) is 0 Å². The predicted octanol–water partition coefficient (Wildman–Crippen LogP) is 5.91. The van der Waals surface area contributed by atoms with Crippen molar-refractivity contribution in [3.8, 4) is 0 Å². The Morgan fingerprint density at radius 3 is 2.16 bits per heavy atom. The maximum atomic E-state index is 11.5. The molecule has 0 amide bonds. The minimum Gasteiger partial charge on any atom is -0.161 e. The van der Waals surface area contributed by atoms with Crippen LogP contribution in [-0.4, -0.2) is 10.6 Å². The summed E-state index contributed by atoms with van der Waals surface area (Å²) in [5.74, 6) is 0.534. The Morgan fingerprint density at radius 1 is 1.11 bits per heavy atom. The Balaban J connectivity index is 4.01. The maximum absolute atomic E-state index is 11.5. The van der Waals surface area contributed by atoms with Gasteiger partial charge >= 0.3 is 8.03 Å². The van der Waals surface area contributed by atoms with Crippen LogP contribution in [0.5, 0.6) is 0 Å². The van der Waals surface area contributed by atoms with E-state index in [0.29, 0.717) is 11.3 Å². The van der Waals surface area contributed by atoms with Gasteiger partial charge in [0.05, 0.1) is 0 Å². The van der Waals surface area contributed by atoms with Crippen LogP contribution in [0, 0.1) is 11.3 Å². The van der Waals surface area contributed by atoms with Crippen molar-refractivity contribution in [2.24, 2.45) is 11.3 Å². The van der Waals surface area contributed by atoms with Gasteiger partial charge in [-0.3, -0.25) is 0 Å². The molecule has 0 aliphatic carbocycles. The molecule has 3 heteroatoms. The van der Waals surface area contributed by atoms with E-state index in [2.05, 4.69) is 34.6 Å². The summed E-state index contributed by atoms with van der Waals surface area (Å²) in [6, 6.07) is 0. The minimum atomic E-state index is -2.01. The van der Waals surface area contributed by atoms with Gasteiger partial charge < -0.3 is 0 Å². The van der Waals surface area contributed by atoms with Crippen LogP contribution in [0.15, 0.2) is 0 Å². The van der Waals surface area contributed by atoms with Crippen LogP contribution in [0.4, 0.5) is 0 Å². The van der Waals surface area contributed by atoms with Crippen molar-refractivity contribution in [3.63, 3.8) is 0 Å². The zero-order valence-electron chi connectivity index (χ0n) is 13.6. The van der Waals surface area contributed by atoms with Gasteiger partial charge in [0, 0.05) is 0 Å². The van der Waals surface area contributed by atoms with Crippen LogP contribution < -0.4 is 0 Å². The average molecular weight is 289 g/mol. The molecule has 2 nitrogen and oxygen atoms in total. The lowest BCUT2D eigenvalue weighted by molar-refractivity contribution is 0.289. The molecule has 3 atom stereocenters. The van der Waals surface area contributed by atoms with Crippen molar-refractivity contribution in [2.45, 2.75) is 91.6 Å². The van der Waals surface area contributed by atoms with E-state index in [4.69, 9.17) is 0 Å². The Kier molecular flexibility index (Phi) is 9.92. The van der Waals surface area contributed by atoms with Gasteiger partial charge in [0.15, 0.2) is 5.66 Å². The quantitative estimate of drug-likeness (QED) is 0.401. The van der Waals surface area contributed by atoms with Crippen LogP contribution in [0.3, 0.4) is 0 Å². The molecular formula is C16H34O2P+. The molecule has 0 saturated heterocycles. The molecule has 0 aromatic heterocycles. The maximum Gasteiger partial charge on any atom is 0.508 e. The molecule has 0 aromatic carbocycles. The van der Waals surface area contributed by atoms with Crippen molar-refractivity contribution >= 4 is 8.03 Å². The van der Waals surface area contributed by atoms with Gasteiger partial charge in [-0.1, -0.05) is 60.3 Å². The lowest BCUT2D eigenvalue weighted by atomic mass is 9.83. The van der Waals surface area contributed by atoms with Gasteiger partial charge in [-0.05, 0) is 41.6 Å². The predicted molar refractivity (Wildman–Crippen MR) is 84.8 cm³/mol. The van der Waals surface area contributed by atoms with E-state index in [9.17, 15) is 9.46 Å². The molecule has 0 aliphatic rings. The van der Waals surface area contributed by atoms with Crippen molar-refractivity contribution < 1.29 is 9.46 Å². The number of hydrogen-bond donors (Lipinski definition) is 1. The monoisotopic (exact) mass is 289 g/mol. The fraction of sp³-hybridized carbons (Fsp3) is 1.00. The Bertz CT molecular complexity index is 246. The zero-order chi connectivity index (χ0) is 14.9. The third kappa shape index (κ3) is 11.6. The number of unbranched alkanes of at least 4 members (excludes halogenated alkanes) is 4. The summed E-state index contributed by atoms with van der Waals surface area (Å²) in [5, 5.41) is 0. The van der Waals surface area contributed by atoms with E-state index in [1.807, 2.05) is 0 Å². The summed E-state index contributed by atoms with van der Waals surface area (Å²) in [6.07, 6.45) is 9.07. The van der Waals surface area contributed by atoms with Crippen molar-refractivity contribution in [2.75, 3.05) is 0 Å². The molecule has 0 saturated carbocycles. The molecule has 0 fully saturated rings. The van der Waals surface area contributed by atoms with Crippen molar-refractivity contribution in [3.05, 3.63) is 0 Å². The highest BCUT2D eigenvalue weighted by Crippen LogP contribution is 2.36. The van der Waals surface area contributed by atoms with Gasteiger partial charge in [-0.2, -0.15) is 4.89 Å². The zero-order valence-corrected chi connectivity index (χ0v) is 14.5. The van der Waals surface area contributed by atoms with Crippen LogP contribution in [-0.2, 0) is 4.57 Å². The fourth-order valence-electron chi connectivity index (χ4n) is 2.90. The first-order valence-electron chi connectivity index (χ1n) is 7.91. The second-order valence-electron chi connectivity index (χ2n) is 7.26. The molecule has 0 radical (unpaired) electrons. The smallest absolute Gasteiger partial charge is 0.161 e. The van der Waals surface area contributed by atoms with Gasteiger partial charge in [0.2, 0.25) is 0 Å². The highest BCUT2D eigenvalue weighted by Gasteiger charge is 2.31. The topological polar surface area (TPSA) is 37.3 Å². The fourth-order valence-corrected chi connectivity index (χ4v) is 3.84. The first-order chi connectivity index (χ1) is 8.76. The lowest BCUT2D eigenvalue weighted by Crippen LogP contribution is -2.15. The van der Waals surface area contributed by atoms with E-state index in [0.717, 1.165) is 25.7 Å². The molecule has 0 aliphatic heterocycles. The van der Waals surface area contributed by atoms with Gasteiger partial charge in [-0.15, -0.1) is 0 Å². The standard InChI is InChI=1S/C16H33O2P/c1-6-7-8-9-10-11-15(19(17)18)12-14(2)13-16(3,4)5/h14-15H,6-13H2,1-5H3/p+1. The second kappa shape index (κ2) is 9.88. The second-order valence-corrected chi connectivity index (χ2v) is 8.60. The summed E-state index contributed by atoms with van der Waals surface area (Å²) in [4.78, 5) is 9.47. The summed E-state index contributed by atoms with van der Waals surface area (Å²) in [5.41, 5.74) is 0.320. The Labute approximate surface area is 121 Å². The molecule has 1 N–H and O–H groups in total. The average Bonchev–Trinajstić information content (AvgIpc) is 2.24. The molecule has 0 aromatic rings. The first kappa shape index (κ1) is 19.1. The summed E-state index contributed by atoms with van der Waals surface area (Å²) in [7, 11) is -2.01. The minimum absolute atomic E-state index is 0.00831. The Morgan fingerprint density at radius 2 is 1.68 bits per heavy atom. The molecule has 3 unspecified atom stereocenters. The third-order valence-electron chi connectivity index (χ3n) is 3.59. The van der Waals surface area contributed by atoms with Gasteiger partial charge in [-0.25, -0.2) is 0 Å². The van der Waals surface area contributed by atoms with E-state index in [1.165, 1.54) is 25.7 Å². The molecule has 19 heavy (non-hydrogen) atoms. The number of rotatable bonds is 10. The molecule has 114 valence electrons. The molecule has 0 rings (SSSR count). The van der Waals surface area contributed by atoms with E-state index < -0.39 is 8.03 Å². The van der Waals surface area contributed by atoms with Gasteiger partial charge in [0.1, 0.15) is 0 Å². The van der Waals surface area contributed by atoms with Gasteiger partial charge in [0.25, 0.3) is 0 Å². The third-order valence-corrected chi connectivity index (χ3v) is 4.68. The van der Waals surface area contributed by atoms with E-state index >= 15 is 0 Å². The summed E-state index contributed by atoms with van der Waals surface area (Å²) in [6.45, 7) is 11.1. The molecular weight excluding hydrogens is 255 g/mol. The lowest BCUT2D eigenvalue weighted by Gasteiger charge is -2.23.